The van der Waals surface area contributed by atoms with Gasteiger partial charge in [-0.15, -0.1) is 0 Å². The molecule has 0 unspecified atom stereocenters. The molecular weight excluding hydrogens is 317 g/mol. The number of carbonyl (C=O) groups is 1. The molecule has 0 N–H and O–H groups in total. The molecule has 5 heteroatoms. The maximum Gasteiger partial charge on any atom is 0.255 e. The van der Waals surface area contributed by atoms with E-state index in [2.05, 4.69) is 0 Å². The lowest BCUT2D eigenvalue weighted by atomic mass is 10.2. The largest absolute Gasteiger partial charge is 0.275 e. The number of hydrogen-bond donors (Lipinski definition) is 0. The Morgan fingerprint density at radius 3 is 2.58 bits per heavy atom. The highest BCUT2D eigenvalue weighted by molar-refractivity contribution is 14.1. The van der Waals surface area contributed by atoms with Gasteiger partial charge in [0, 0.05) is 5.02 Å². The molecule has 0 aliphatic heterocycles. The number of rotatable bonds is 1. The van der Waals surface area contributed by atoms with Gasteiger partial charge in [0.05, 0.1) is 9.13 Å². The van der Waals surface area contributed by atoms with Crippen molar-refractivity contribution in [3.8, 4) is 0 Å². The van der Waals surface area contributed by atoms with Crippen LogP contribution in [0.4, 0.5) is 4.39 Å². The van der Waals surface area contributed by atoms with Crippen LogP contribution in [0, 0.1) is 9.39 Å². The monoisotopic (exact) mass is 318 g/mol. The molecule has 0 bridgehead atoms. The Morgan fingerprint density at radius 1 is 1.50 bits per heavy atom. The Bertz CT molecular complexity index is 340. The molecule has 1 aromatic carbocycles. The van der Waals surface area contributed by atoms with Crippen molar-refractivity contribution < 1.29 is 9.18 Å². The van der Waals surface area contributed by atoms with Gasteiger partial charge in [-0.25, -0.2) is 4.39 Å². The molecule has 0 amide bonds. The minimum absolute atomic E-state index is 0.187. The van der Waals surface area contributed by atoms with E-state index >= 15 is 0 Å². The van der Waals surface area contributed by atoms with Crippen LogP contribution in [0.3, 0.4) is 0 Å². The Balaban J connectivity index is 3.37. The maximum absolute atomic E-state index is 13.1. The van der Waals surface area contributed by atoms with Crippen LogP contribution >= 0.6 is 45.8 Å². The van der Waals surface area contributed by atoms with Crippen molar-refractivity contribution >= 4 is 51.0 Å². The van der Waals surface area contributed by atoms with Crippen LogP contribution in [0.1, 0.15) is 10.4 Å². The van der Waals surface area contributed by atoms with Gasteiger partial charge in [-0.3, -0.25) is 4.79 Å². The van der Waals surface area contributed by atoms with Crippen LogP contribution in [0.5, 0.6) is 0 Å². The smallest absolute Gasteiger partial charge is 0.255 e. The van der Waals surface area contributed by atoms with E-state index in [1.54, 1.807) is 22.6 Å². The van der Waals surface area contributed by atoms with Gasteiger partial charge in [-0.05, 0) is 46.3 Å². The minimum Gasteiger partial charge on any atom is -0.275 e. The van der Waals surface area contributed by atoms with E-state index in [1.807, 2.05) is 0 Å². The summed E-state index contributed by atoms with van der Waals surface area (Å²) in [5.74, 6) is -0.625. The van der Waals surface area contributed by atoms with Crippen LogP contribution in [0.25, 0.3) is 0 Å². The summed E-state index contributed by atoms with van der Waals surface area (Å²) in [5.41, 5.74) is -0.187. The van der Waals surface area contributed by atoms with Crippen LogP contribution in [0.15, 0.2) is 12.1 Å². The molecule has 64 valence electrons. The van der Waals surface area contributed by atoms with E-state index in [-0.39, 0.29) is 9.13 Å². The summed E-state index contributed by atoms with van der Waals surface area (Å²) in [6.45, 7) is 0. The fraction of sp³-hybridized carbons (Fsp3) is 0. The van der Waals surface area contributed by atoms with Crippen molar-refractivity contribution in [2.45, 2.75) is 0 Å². The highest BCUT2D eigenvalue weighted by Crippen LogP contribution is 2.22. The molecule has 1 nitrogen and oxygen atoms in total. The fourth-order valence-corrected chi connectivity index (χ4v) is 1.86. The van der Waals surface area contributed by atoms with E-state index in [4.69, 9.17) is 23.2 Å². The van der Waals surface area contributed by atoms with E-state index in [9.17, 15) is 9.18 Å². The first-order valence-electron chi connectivity index (χ1n) is 2.86. The fourth-order valence-electron chi connectivity index (χ4n) is 0.699. The van der Waals surface area contributed by atoms with E-state index in [0.717, 1.165) is 0 Å². The van der Waals surface area contributed by atoms with E-state index < -0.39 is 11.1 Å². The van der Waals surface area contributed by atoms with Crippen molar-refractivity contribution in [2.75, 3.05) is 0 Å². The number of carbonyl (C=O) groups excluding carboxylic acids is 1. The second-order valence-electron chi connectivity index (χ2n) is 2.02. The topological polar surface area (TPSA) is 17.1 Å². The van der Waals surface area contributed by atoms with Crippen molar-refractivity contribution in [3.05, 3.63) is 32.1 Å². The van der Waals surface area contributed by atoms with E-state index in [0.29, 0.717) is 5.02 Å². The van der Waals surface area contributed by atoms with Crippen molar-refractivity contribution in [2.24, 2.45) is 0 Å². The lowest BCUT2D eigenvalue weighted by Crippen LogP contribution is -1.96. The van der Waals surface area contributed by atoms with Gasteiger partial charge < -0.3 is 0 Å². The molecule has 0 radical (unpaired) electrons. The molecule has 1 aromatic rings. The maximum atomic E-state index is 13.1. The predicted molar refractivity (Wildman–Crippen MR) is 54.3 cm³/mol. The van der Waals surface area contributed by atoms with Crippen LogP contribution in [-0.2, 0) is 0 Å². The molecule has 0 saturated heterocycles. The summed E-state index contributed by atoms with van der Waals surface area (Å²) in [6.07, 6.45) is 0. The summed E-state index contributed by atoms with van der Waals surface area (Å²) in [6, 6.07) is 2.62. The Morgan fingerprint density at radius 2 is 2.08 bits per heavy atom. The molecule has 0 heterocycles. The zero-order chi connectivity index (χ0) is 9.30. The minimum atomic E-state index is -0.840. The second kappa shape index (κ2) is 3.89. The Hall–Kier alpha value is 0.130. The molecule has 0 atom stereocenters. The number of halogens is 4. The third-order valence-corrected chi connectivity index (χ3v) is 2.41. The van der Waals surface area contributed by atoms with Crippen LogP contribution < -0.4 is 0 Å². The molecule has 0 aliphatic rings. The number of benzene rings is 1. The first-order chi connectivity index (χ1) is 5.52. The van der Waals surface area contributed by atoms with Gasteiger partial charge >= 0.3 is 0 Å². The summed E-state index contributed by atoms with van der Waals surface area (Å²) in [5, 5.41) is -0.544. The Labute approximate surface area is 92.0 Å². The predicted octanol–water partition coefficient (Wildman–Crippen LogP) is 3.46. The quantitative estimate of drug-likeness (QED) is 0.440. The zero-order valence-corrected chi connectivity index (χ0v) is 9.24. The first kappa shape index (κ1) is 10.2. The molecule has 1 rings (SSSR count). The molecule has 0 aromatic heterocycles. The van der Waals surface area contributed by atoms with Crippen molar-refractivity contribution in [1.29, 1.82) is 0 Å². The summed E-state index contributed by atoms with van der Waals surface area (Å²) < 4.78 is 13.3. The van der Waals surface area contributed by atoms with E-state index in [1.165, 1.54) is 12.1 Å². The normalized spacial score (nSPS) is 10.0. The summed E-state index contributed by atoms with van der Waals surface area (Å²) in [4.78, 5) is 10.6. The van der Waals surface area contributed by atoms with Gasteiger partial charge in [0.1, 0.15) is 5.82 Å². The van der Waals surface area contributed by atoms with Gasteiger partial charge in [-0.2, -0.15) is 0 Å². The first-order valence-corrected chi connectivity index (χ1v) is 4.70. The number of hydrogen-bond acceptors (Lipinski definition) is 1. The summed E-state index contributed by atoms with van der Waals surface area (Å²) >= 11 is 12.4. The highest BCUT2D eigenvalue weighted by atomic mass is 127. The van der Waals surface area contributed by atoms with Crippen molar-refractivity contribution in [3.63, 3.8) is 0 Å². The van der Waals surface area contributed by atoms with Gasteiger partial charge in [-0.1, -0.05) is 11.6 Å². The molecule has 0 fully saturated rings. The third-order valence-electron chi connectivity index (χ3n) is 1.20. The third kappa shape index (κ3) is 2.08. The summed E-state index contributed by atoms with van der Waals surface area (Å²) in [7, 11) is 0. The average Bonchev–Trinajstić information content (AvgIpc) is 1.96. The van der Waals surface area contributed by atoms with Crippen LogP contribution in [-0.4, -0.2) is 5.24 Å². The highest BCUT2D eigenvalue weighted by Gasteiger charge is 2.13. The SMILES string of the molecule is O=C(Cl)c1cc(Cl)cc(I)c1F. The lowest BCUT2D eigenvalue weighted by Gasteiger charge is -2.00. The molecule has 0 aliphatic carbocycles. The molecule has 12 heavy (non-hydrogen) atoms. The van der Waals surface area contributed by atoms with Crippen LogP contribution in [0.2, 0.25) is 5.02 Å². The molecule has 0 spiro atoms. The van der Waals surface area contributed by atoms with Gasteiger partial charge in [0.2, 0.25) is 0 Å². The van der Waals surface area contributed by atoms with Crippen molar-refractivity contribution in [1.82, 2.24) is 0 Å². The van der Waals surface area contributed by atoms with Gasteiger partial charge in [0.25, 0.3) is 5.24 Å². The Kier molecular flexibility index (Phi) is 3.31. The zero-order valence-electron chi connectivity index (χ0n) is 5.57. The average molecular weight is 319 g/mol. The van der Waals surface area contributed by atoms with Gasteiger partial charge in [0.15, 0.2) is 0 Å². The second-order valence-corrected chi connectivity index (χ2v) is 3.96. The lowest BCUT2D eigenvalue weighted by molar-refractivity contribution is 0.107. The molecular formula is C7H2Cl2FIO. The standard InChI is InChI=1S/C7H2Cl2FIO/c8-3-1-4(7(9)12)6(10)5(11)2-3/h1-2H. The molecule has 0 saturated carbocycles.